The molecule has 5 nitrogen and oxygen atoms in total. The van der Waals surface area contributed by atoms with Crippen molar-refractivity contribution in [3.05, 3.63) is 29.8 Å². The lowest BCUT2D eigenvalue weighted by Gasteiger charge is -2.24. The van der Waals surface area contributed by atoms with Crippen molar-refractivity contribution in [2.24, 2.45) is 5.73 Å². The number of nitrogens with two attached hydrogens (primary N) is 1. The summed E-state index contributed by atoms with van der Waals surface area (Å²) in [6.45, 7) is 4.73. The van der Waals surface area contributed by atoms with E-state index in [9.17, 15) is 22.8 Å². The molecule has 1 aromatic carbocycles. The second-order valence-corrected chi connectivity index (χ2v) is 6.14. The van der Waals surface area contributed by atoms with Gasteiger partial charge >= 0.3 is 12.1 Å². The molecule has 0 spiro atoms. The van der Waals surface area contributed by atoms with Crippen LogP contribution in [0.3, 0.4) is 0 Å². The number of halogens is 3. The van der Waals surface area contributed by atoms with Crippen LogP contribution in [0.1, 0.15) is 39.2 Å². The van der Waals surface area contributed by atoms with E-state index in [1.165, 1.54) is 13.0 Å². The third-order valence-electron chi connectivity index (χ3n) is 3.76. The molecule has 0 saturated heterocycles. The van der Waals surface area contributed by atoms with E-state index in [1.807, 2.05) is 6.92 Å². The summed E-state index contributed by atoms with van der Waals surface area (Å²) in [6.07, 6.45) is -3.67. The number of rotatable bonds is 7. The molecule has 1 unspecified atom stereocenters. The first kappa shape index (κ1) is 21.0. The normalized spacial score (nSPS) is 13.9. The number of anilines is 1. The van der Waals surface area contributed by atoms with Crippen molar-refractivity contribution in [3.8, 4) is 0 Å². The van der Waals surface area contributed by atoms with Gasteiger partial charge in [0, 0.05) is 18.8 Å². The molecule has 1 aromatic rings. The number of benzene rings is 1. The maximum atomic E-state index is 12.6. The number of carbonyl (C=O) groups is 2. The first-order chi connectivity index (χ1) is 11.5. The van der Waals surface area contributed by atoms with E-state index in [1.54, 1.807) is 25.1 Å². The molecule has 0 aromatic heterocycles. The van der Waals surface area contributed by atoms with Gasteiger partial charge < -0.3 is 16.0 Å². The van der Waals surface area contributed by atoms with Gasteiger partial charge in [-0.1, -0.05) is 25.5 Å². The van der Waals surface area contributed by atoms with Gasteiger partial charge in [0.25, 0.3) is 0 Å². The maximum absolute atomic E-state index is 12.6. The minimum absolute atomic E-state index is 0.0771. The van der Waals surface area contributed by atoms with Crippen molar-refractivity contribution in [2.45, 2.75) is 51.9 Å². The fraction of sp³-hybridized carbons (Fsp3) is 0.529. The summed E-state index contributed by atoms with van der Waals surface area (Å²) < 4.78 is 37.7. The predicted octanol–water partition coefficient (Wildman–Crippen LogP) is 3.05. The molecule has 0 aliphatic carbocycles. The van der Waals surface area contributed by atoms with Crippen LogP contribution in [0.4, 0.5) is 18.9 Å². The number of carbonyl (C=O) groups excluding carboxylic acids is 2. The summed E-state index contributed by atoms with van der Waals surface area (Å²) in [5.41, 5.74) is 5.82. The van der Waals surface area contributed by atoms with Crippen molar-refractivity contribution >= 4 is 17.5 Å². The second-order valence-electron chi connectivity index (χ2n) is 6.14. The Labute approximate surface area is 145 Å². The summed E-state index contributed by atoms with van der Waals surface area (Å²) in [5.74, 6) is -2.26. The smallest absolute Gasteiger partial charge is 0.331 e. The van der Waals surface area contributed by atoms with Crippen LogP contribution in [0, 0.1) is 0 Å². The van der Waals surface area contributed by atoms with Gasteiger partial charge in [-0.3, -0.25) is 9.59 Å². The van der Waals surface area contributed by atoms with E-state index < -0.39 is 17.6 Å². The largest absolute Gasteiger partial charge is 0.471 e. The zero-order valence-electron chi connectivity index (χ0n) is 14.6. The summed E-state index contributed by atoms with van der Waals surface area (Å²) >= 11 is 0. The zero-order valence-corrected chi connectivity index (χ0v) is 14.6. The van der Waals surface area contributed by atoms with Crippen LogP contribution < -0.4 is 11.1 Å². The average Bonchev–Trinajstić information content (AvgIpc) is 2.51. The van der Waals surface area contributed by atoms with E-state index in [2.05, 4.69) is 5.32 Å². The van der Waals surface area contributed by atoms with Crippen molar-refractivity contribution in [1.29, 1.82) is 0 Å². The Hall–Kier alpha value is -2.09. The van der Waals surface area contributed by atoms with E-state index in [0.717, 1.165) is 6.42 Å². The molecule has 140 valence electrons. The molecule has 0 fully saturated rings. The highest BCUT2D eigenvalue weighted by molar-refractivity contribution is 5.97. The number of nitrogens with zero attached hydrogens (tertiary/aromatic N) is 1. The minimum atomic E-state index is -4.91. The lowest BCUT2D eigenvalue weighted by molar-refractivity contribution is -0.185. The van der Waals surface area contributed by atoms with Gasteiger partial charge in [-0.15, -0.1) is 0 Å². The van der Waals surface area contributed by atoms with Gasteiger partial charge in [-0.25, -0.2) is 0 Å². The molecule has 0 aliphatic heterocycles. The topological polar surface area (TPSA) is 75.4 Å². The molecular formula is C17H24F3N3O2. The maximum Gasteiger partial charge on any atom is 0.471 e. The zero-order chi connectivity index (χ0) is 19.3. The Balaban J connectivity index is 2.87. The Morgan fingerprint density at radius 1 is 1.24 bits per heavy atom. The third-order valence-corrected chi connectivity index (χ3v) is 3.76. The molecule has 3 N–H and O–H groups in total. The number of hydrogen-bond donors (Lipinski definition) is 2. The predicted molar refractivity (Wildman–Crippen MR) is 89.7 cm³/mol. The van der Waals surface area contributed by atoms with Crippen LogP contribution in [0.15, 0.2) is 24.3 Å². The van der Waals surface area contributed by atoms with Crippen LogP contribution in [0.5, 0.6) is 0 Å². The van der Waals surface area contributed by atoms with Gasteiger partial charge in [0.05, 0.1) is 5.54 Å². The van der Waals surface area contributed by atoms with E-state index in [4.69, 9.17) is 5.73 Å². The highest BCUT2D eigenvalue weighted by atomic mass is 19.4. The Kier molecular flexibility index (Phi) is 6.98. The SMILES string of the molecule is CCCC(C)(N)C(=O)Nc1cccc(CN(CC)C(=O)C(F)(F)F)c1. The molecule has 2 amide bonds. The first-order valence-electron chi connectivity index (χ1n) is 8.06. The molecule has 0 saturated carbocycles. The molecular weight excluding hydrogens is 335 g/mol. The molecule has 0 radical (unpaired) electrons. The third kappa shape index (κ3) is 6.04. The number of alkyl halides is 3. The van der Waals surface area contributed by atoms with Gasteiger partial charge in [0.1, 0.15) is 0 Å². The number of hydrogen-bond acceptors (Lipinski definition) is 3. The van der Waals surface area contributed by atoms with Crippen LogP contribution >= 0.6 is 0 Å². The summed E-state index contributed by atoms with van der Waals surface area (Å²) in [5, 5.41) is 2.67. The van der Waals surface area contributed by atoms with Crippen molar-refractivity contribution in [1.82, 2.24) is 4.90 Å². The fourth-order valence-electron chi connectivity index (χ4n) is 2.38. The number of amides is 2. The molecule has 1 rings (SSSR count). The molecule has 8 heteroatoms. The fourth-order valence-corrected chi connectivity index (χ4v) is 2.38. The van der Waals surface area contributed by atoms with Gasteiger partial charge in [-0.05, 0) is 38.0 Å². The summed E-state index contributed by atoms with van der Waals surface area (Å²) in [7, 11) is 0. The Morgan fingerprint density at radius 2 is 1.88 bits per heavy atom. The van der Waals surface area contributed by atoms with Crippen molar-refractivity contribution < 1.29 is 22.8 Å². The van der Waals surface area contributed by atoms with E-state index in [0.29, 0.717) is 22.6 Å². The summed E-state index contributed by atoms with van der Waals surface area (Å²) in [4.78, 5) is 24.3. The Bertz CT molecular complexity index is 615. The molecule has 0 aliphatic rings. The second kappa shape index (κ2) is 8.33. The molecule has 1 atom stereocenters. The first-order valence-corrected chi connectivity index (χ1v) is 8.06. The van der Waals surface area contributed by atoms with Gasteiger partial charge in [0.2, 0.25) is 5.91 Å². The van der Waals surface area contributed by atoms with Gasteiger partial charge in [-0.2, -0.15) is 13.2 Å². The summed E-state index contributed by atoms with van der Waals surface area (Å²) in [6, 6.07) is 6.34. The standard InChI is InChI=1S/C17H24F3N3O2/c1-4-9-16(3,21)14(24)22-13-8-6-7-12(10-13)11-23(5-2)15(25)17(18,19)20/h6-8,10H,4-5,9,11,21H2,1-3H3,(H,22,24). The highest BCUT2D eigenvalue weighted by Crippen LogP contribution is 2.21. The van der Waals surface area contributed by atoms with E-state index in [-0.39, 0.29) is 19.0 Å². The monoisotopic (exact) mass is 359 g/mol. The van der Waals surface area contributed by atoms with E-state index >= 15 is 0 Å². The lowest BCUT2D eigenvalue weighted by atomic mass is 9.96. The average molecular weight is 359 g/mol. The molecule has 25 heavy (non-hydrogen) atoms. The molecule has 0 bridgehead atoms. The highest BCUT2D eigenvalue weighted by Gasteiger charge is 2.41. The van der Waals surface area contributed by atoms with Crippen molar-refractivity contribution in [3.63, 3.8) is 0 Å². The van der Waals surface area contributed by atoms with Crippen LogP contribution in [-0.4, -0.2) is 35.0 Å². The minimum Gasteiger partial charge on any atom is -0.331 e. The number of nitrogens with one attached hydrogen (secondary N) is 1. The van der Waals surface area contributed by atoms with Crippen LogP contribution in [0.2, 0.25) is 0 Å². The van der Waals surface area contributed by atoms with Gasteiger partial charge in [0.15, 0.2) is 0 Å². The van der Waals surface area contributed by atoms with Crippen LogP contribution in [-0.2, 0) is 16.1 Å². The van der Waals surface area contributed by atoms with Crippen LogP contribution in [0.25, 0.3) is 0 Å². The molecule has 0 heterocycles. The van der Waals surface area contributed by atoms with Crippen molar-refractivity contribution in [2.75, 3.05) is 11.9 Å². The quantitative estimate of drug-likeness (QED) is 0.786. The lowest BCUT2D eigenvalue weighted by Crippen LogP contribution is -2.48. The Morgan fingerprint density at radius 3 is 2.40 bits per heavy atom.